The van der Waals surface area contributed by atoms with Gasteiger partial charge in [-0.3, -0.25) is 0 Å². The standard InChI is InChI=1S/C9H17NO/c1-2-7-5-3-4-6-8(7)9(10)11/h5,8-9,11H,2-4,6,10H2,1H3. The second kappa shape index (κ2) is 3.88. The second-order valence-corrected chi connectivity index (χ2v) is 3.16. The van der Waals surface area contributed by atoms with Gasteiger partial charge in [0.25, 0.3) is 0 Å². The second-order valence-electron chi connectivity index (χ2n) is 3.16. The number of aliphatic hydroxyl groups excluding tert-OH is 1. The largest absolute Gasteiger partial charge is 0.378 e. The molecule has 1 rings (SSSR count). The summed E-state index contributed by atoms with van der Waals surface area (Å²) < 4.78 is 0. The number of aliphatic hydroxyl groups is 1. The van der Waals surface area contributed by atoms with Crippen molar-refractivity contribution in [3.8, 4) is 0 Å². The summed E-state index contributed by atoms with van der Waals surface area (Å²) in [6, 6.07) is 0. The summed E-state index contributed by atoms with van der Waals surface area (Å²) in [7, 11) is 0. The van der Waals surface area contributed by atoms with Crippen LogP contribution in [0.15, 0.2) is 11.6 Å². The molecule has 0 bridgehead atoms. The van der Waals surface area contributed by atoms with E-state index in [4.69, 9.17) is 5.73 Å². The van der Waals surface area contributed by atoms with Crippen molar-refractivity contribution in [3.63, 3.8) is 0 Å². The molecule has 0 spiro atoms. The first kappa shape index (κ1) is 8.75. The van der Waals surface area contributed by atoms with Gasteiger partial charge in [0.05, 0.1) is 0 Å². The number of nitrogens with two attached hydrogens (primary N) is 1. The summed E-state index contributed by atoms with van der Waals surface area (Å²) in [5.41, 5.74) is 6.79. The molecule has 11 heavy (non-hydrogen) atoms. The van der Waals surface area contributed by atoms with Gasteiger partial charge in [-0.1, -0.05) is 18.6 Å². The van der Waals surface area contributed by atoms with Gasteiger partial charge in [0, 0.05) is 5.92 Å². The maximum atomic E-state index is 9.22. The van der Waals surface area contributed by atoms with Crippen LogP contribution in [0.4, 0.5) is 0 Å². The van der Waals surface area contributed by atoms with Gasteiger partial charge >= 0.3 is 0 Å². The molecular formula is C9H17NO. The fourth-order valence-electron chi connectivity index (χ4n) is 1.76. The molecule has 0 heterocycles. The van der Waals surface area contributed by atoms with Crippen LogP contribution in [0.25, 0.3) is 0 Å². The number of hydrogen-bond acceptors (Lipinski definition) is 2. The fraction of sp³-hybridized carbons (Fsp3) is 0.778. The molecule has 0 fully saturated rings. The Morgan fingerprint density at radius 3 is 3.00 bits per heavy atom. The zero-order valence-electron chi connectivity index (χ0n) is 7.09. The third kappa shape index (κ3) is 2.04. The van der Waals surface area contributed by atoms with Crippen molar-refractivity contribution < 1.29 is 5.11 Å². The van der Waals surface area contributed by atoms with Crippen LogP contribution in [0.5, 0.6) is 0 Å². The summed E-state index contributed by atoms with van der Waals surface area (Å²) in [4.78, 5) is 0. The Kier molecular flexibility index (Phi) is 3.09. The summed E-state index contributed by atoms with van der Waals surface area (Å²) >= 11 is 0. The van der Waals surface area contributed by atoms with Crippen molar-refractivity contribution in [3.05, 3.63) is 11.6 Å². The van der Waals surface area contributed by atoms with Gasteiger partial charge in [-0.05, 0) is 25.7 Å². The van der Waals surface area contributed by atoms with Gasteiger partial charge in [0.1, 0.15) is 6.23 Å². The molecule has 0 saturated carbocycles. The van der Waals surface area contributed by atoms with E-state index in [1.165, 1.54) is 12.0 Å². The molecule has 0 aromatic heterocycles. The quantitative estimate of drug-likeness (QED) is 0.467. The Morgan fingerprint density at radius 1 is 1.82 bits per heavy atom. The van der Waals surface area contributed by atoms with E-state index in [0.29, 0.717) is 0 Å². The molecule has 2 nitrogen and oxygen atoms in total. The fourth-order valence-corrected chi connectivity index (χ4v) is 1.76. The third-order valence-electron chi connectivity index (χ3n) is 2.42. The SMILES string of the molecule is CCC1=CCCCC1C(N)O. The zero-order chi connectivity index (χ0) is 8.27. The highest BCUT2D eigenvalue weighted by Gasteiger charge is 2.20. The molecule has 2 unspecified atom stereocenters. The van der Waals surface area contributed by atoms with E-state index in [1.54, 1.807) is 0 Å². The van der Waals surface area contributed by atoms with Crippen LogP contribution in [-0.2, 0) is 0 Å². The Balaban J connectivity index is 2.62. The highest BCUT2D eigenvalue weighted by atomic mass is 16.3. The van der Waals surface area contributed by atoms with Gasteiger partial charge < -0.3 is 10.8 Å². The number of rotatable bonds is 2. The number of hydrogen-bond donors (Lipinski definition) is 2. The summed E-state index contributed by atoms with van der Waals surface area (Å²) in [5, 5.41) is 9.22. The molecule has 0 radical (unpaired) electrons. The van der Waals surface area contributed by atoms with Crippen molar-refractivity contribution in [2.45, 2.75) is 38.8 Å². The summed E-state index contributed by atoms with van der Waals surface area (Å²) in [5.74, 6) is 0.230. The highest BCUT2D eigenvalue weighted by Crippen LogP contribution is 2.27. The van der Waals surface area contributed by atoms with Crippen LogP contribution in [0.2, 0.25) is 0 Å². The molecule has 2 heteroatoms. The average molecular weight is 155 g/mol. The third-order valence-corrected chi connectivity index (χ3v) is 2.42. The smallest absolute Gasteiger partial charge is 0.109 e. The first-order chi connectivity index (χ1) is 5.25. The van der Waals surface area contributed by atoms with Crippen molar-refractivity contribution in [2.75, 3.05) is 0 Å². The summed E-state index contributed by atoms with van der Waals surface area (Å²) in [6.07, 6.45) is 5.98. The van der Waals surface area contributed by atoms with E-state index in [0.717, 1.165) is 19.3 Å². The van der Waals surface area contributed by atoms with Crippen molar-refractivity contribution in [2.24, 2.45) is 11.7 Å². The maximum Gasteiger partial charge on any atom is 0.109 e. The minimum absolute atomic E-state index is 0.230. The van der Waals surface area contributed by atoms with Crippen LogP contribution < -0.4 is 5.73 Å². The molecule has 0 aromatic rings. The molecule has 2 atom stereocenters. The van der Waals surface area contributed by atoms with Gasteiger partial charge in [-0.2, -0.15) is 0 Å². The molecule has 0 aromatic carbocycles. The molecule has 1 aliphatic rings. The first-order valence-corrected chi connectivity index (χ1v) is 4.38. The Morgan fingerprint density at radius 2 is 2.55 bits per heavy atom. The van der Waals surface area contributed by atoms with Crippen LogP contribution in [0, 0.1) is 5.92 Å². The van der Waals surface area contributed by atoms with Gasteiger partial charge in [-0.15, -0.1) is 0 Å². The van der Waals surface area contributed by atoms with E-state index in [1.807, 2.05) is 0 Å². The Labute approximate surface area is 68.1 Å². The maximum absolute atomic E-state index is 9.22. The topological polar surface area (TPSA) is 46.2 Å². The molecule has 1 aliphatic carbocycles. The Bertz CT molecular complexity index is 152. The van der Waals surface area contributed by atoms with E-state index >= 15 is 0 Å². The first-order valence-electron chi connectivity index (χ1n) is 4.38. The molecule has 3 N–H and O–H groups in total. The molecular weight excluding hydrogens is 138 g/mol. The monoisotopic (exact) mass is 155 g/mol. The van der Waals surface area contributed by atoms with Gasteiger partial charge in [0.15, 0.2) is 0 Å². The molecule has 0 saturated heterocycles. The predicted octanol–water partition coefficient (Wildman–Crippen LogP) is 1.40. The predicted molar refractivity (Wildman–Crippen MR) is 45.9 cm³/mol. The lowest BCUT2D eigenvalue weighted by Gasteiger charge is -2.25. The average Bonchev–Trinajstić information content (AvgIpc) is 2.04. The Hall–Kier alpha value is -0.340. The lowest BCUT2D eigenvalue weighted by Crippen LogP contribution is -2.31. The van der Waals surface area contributed by atoms with Crippen molar-refractivity contribution in [1.82, 2.24) is 0 Å². The van der Waals surface area contributed by atoms with Gasteiger partial charge in [0.2, 0.25) is 0 Å². The van der Waals surface area contributed by atoms with E-state index in [-0.39, 0.29) is 5.92 Å². The minimum Gasteiger partial charge on any atom is -0.378 e. The molecule has 0 aliphatic heterocycles. The van der Waals surface area contributed by atoms with E-state index in [2.05, 4.69) is 13.0 Å². The minimum atomic E-state index is -0.651. The van der Waals surface area contributed by atoms with Crippen LogP contribution in [0.1, 0.15) is 32.6 Å². The van der Waals surface area contributed by atoms with Crippen molar-refractivity contribution >= 4 is 0 Å². The van der Waals surface area contributed by atoms with Crippen LogP contribution in [0.3, 0.4) is 0 Å². The van der Waals surface area contributed by atoms with Crippen LogP contribution in [-0.4, -0.2) is 11.3 Å². The highest BCUT2D eigenvalue weighted by molar-refractivity contribution is 5.10. The van der Waals surface area contributed by atoms with E-state index < -0.39 is 6.23 Å². The summed E-state index contributed by atoms with van der Waals surface area (Å²) in [6.45, 7) is 2.12. The molecule has 0 amide bonds. The van der Waals surface area contributed by atoms with Gasteiger partial charge in [-0.25, -0.2) is 0 Å². The molecule has 64 valence electrons. The lowest BCUT2D eigenvalue weighted by molar-refractivity contribution is 0.121. The normalized spacial score (nSPS) is 27.9. The lowest BCUT2D eigenvalue weighted by atomic mass is 9.85. The zero-order valence-corrected chi connectivity index (χ0v) is 7.09. The van der Waals surface area contributed by atoms with Crippen LogP contribution >= 0.6 is 0 Å². The number of allylic oxidation sites excluding steroid dienone is 1. The van der Waals surface area contributed by atoms with Crippen molar-refractivity contribution in [1.29, 1.82) is 0 Å². The van der Waals surface area contributed by atoms with E-state index in [9.17, 15) is 5.11 Å².